The fraction of sp³-hybridized carbons (Fsp3) is 0.263. The Morgan fingerprint density at radius 3 is 2.71 bits per heavy atom. The molecule has 1 atom stereocenters. The van der Waals surface area contributed by atoms with Crippen LogP contribution in [0.4, 0.5) is 16.2 Å². The minimum atomic E-state index is -0.544. The Balaban J connectivity index is 1.58. The Kier molecular flexibility index (Phi) is 5.73. The highest BCUT2D eigenvalue weighted by atomic mass is 16.6. The van der Waals surface area contributed by atoms with Gasteiger partial charge in [-0.2, -0.15) is 0 Å². The molecule has 3 amide bonds. The second kappa shape index (κ2) is 8.38. The van der Waals surface area contributed by atoms with Gasteiger partial charge in [-0.25, -0.2) is 4.79 Å². The predicted octanol–water partition coefficient (Wildman–Crippen LogP) is 2.53. The van der Waals surface area contributed by atoms with Crippen molar-refractivity contribution in [2.75, 3.05) is 19.0 Å². The van der Waals surface area contributed by atoms with Crippen molar-refractivity contribution in [3.05, 3.63) is 64.2 Å². The summed E-state index contributed by atoms with van der Waals surface area (Å²) >= 11 is 0. The van der Waals surface area contributed by atoms with E-state index in [1.54, 1.807) is 4.90 Å². The molecule has 2 N–H and O–H groups in total. The van der Waals surface area contributed by atoms with E-state index in [0.29, 0.717) is 18.8 Å². The minimum Gasteiger partial charge on any atom is -0.494 e. The van der Waals surface area contributed by atoms with Crippen molar-refractivity contribution >= 4 is 23.3 Å². The summed E-state index contributed by atoms with van der Waals surface area (Å²) in [7, 11) is 1.36. The molecule has 0 radical (unpaired) electrons. The van der Waals surface area contributed by atoms with Crippen molar-refractivity contribution in [3.8, 4) is 5.75 Å². The van der Waals surface area contributed by atoms with E-state index < -0.39 is 11.0 Å². The molecule has 1 saturated heterocycles. The third kappa shape index (κ3) is 4.56. The lowest BCUT2D eigenvalue weighted by molar-refractivity contribution is -0.384. The molecule has 1 aliphatic rings. The third-order valence-corrected chi connectivity index (χ3v) is 4.41. The fourth-order valence-corrected chi connectivity index (χ4v) is 3.07. The molecule has 0 spiro atoms. The number of anilines is 1. The van der Waals surface area contributed by atoms with Gasteiger partial charge in [-0.3, -0.25) is 14.9 Å². The summed E-state index contributed by atoms with van der Waals surface area (Å²) in [5.74, 6) is 0.152. The van der Waals surface area contributed by atoms with Crippen LogP contribution in [-0.4, -0.2) is 41.5 Å². The summed E-state index contributed by atoms with van der Waals surface area (Å²) < 4.78 is 5.10. The van der Waals surface area contributed by atoms with Gasteiger partial charge in [0, 0.05) is 25.6 Å². The first kappa shape index (κ1) is 19.2. The first-order valence-electron chi connectivity index (χ1n) is 8.68. The molecule has 1 aliphatic heterocycles. The average molecular weight is 384 g/mol. The lowest BCUT2D eigenvalue weighted by Gasteiger charge is -2.17. The molecule has 28 heavy (non-hydrogen) atoms. The van der Waals surface area contributed by atoms with Crippen LogP contribution < -0.4 is 15.4 Å². The molecule has 9 heteroatoms. The van der Waals surface area contributed by atoms with E-state index in [1.807, 2.05) is 30.3 Å². The lowest BCUT2D eigenvalue weighted by atomic mass is 10.2. The van der Waals surface area contributed by atoms with Crippen molar-refractivity contribution in [2.24, 2.45) is 0 Å². The molecule has 2 aromatic rings. The zero-order valence-electron chi connectivity index (χ0n) is 15.3. The number of rotatable bonds is 6. The number of amides is 3. The topological polar surface area (TPSA) is 114 Å². The van der Waals surface area contributed by atoms with Crippen LogP contribution >= 0.6 is 0 Å². The molecule has 1 fully saturated rings. The van der Waals surface area contributed by atoms with Crippen LogP contribution in [-0.2, 0) is 11.3 Å². The van der Waals surface area contributed by atoms with Crippen LogP contribution in [0.1, 0.15) is 12.0 Å². The summed E-state index contributed by atoms with van der Waals surface area (Å²) in [5.41, 5.74) is 1.19. The number of urea groups is 1. The van der Waals surface area contributed by atoms with E-state index in [-0.39, 0.29) is 29.8 Å². The average Bonchev–Trinajstić information content (AvgIpc) is 3.01. The van der Waals surface area contributed by atoms with E-state index in [1.165, 1.54) is 25.3 Å². The van der Waals surface area contributed by atoms with Crippen LogP contribution in [0.15, 0.2) is 48.5 Å². The maximum absolute atomic E-state index is 12.3. The Hall–Kier alpha value is -3.62. The smallest absolute Gasteiger partial charge is 0.319 e. The molecule has 9 nitrogen and oxygen atoms in total. The van der Waals surface area contributed by atoms with E-state index in [2.05, 4.69) is 10.6 Å². The molecule has 3 rings (SSSR count). The number of likely N-dealkylation sites (tertiary alicyclic amines) is 1. The van der Waals surface area contributed by atoms with Crippen molar-refractivity contribution in [1.82, 2.24) is 10.2 Å². The van der Waals surface area contributed by atoms with Crippen LogP contribution in [0.3, 0.4) is 0 Å². The van der Waals surface area contributed by atoms with Gasteiger partial charge in [-0.15, -0.1) is 0 Å². The number of nitro benzene ring substituents is 1. The molecule has 0 aromatic heterocycles. The largest absolute Gasteiger partial charge is 0.494 e. The van der Waals surface area contributed by atoms with Crippen molar-refractivity contribution < 1.29 is 19.2 Å². The molecule has 0 bridgehead atoms. The summed E-state index contributed by atoms with van der Waals surface area (Å²) in [6, 6.07) is 12.7. The highest BCUT2D eigenvalue weighted by molar-refractivity contribution is 5.92. The Bertz CT molecular complexity index is 887. The van der Waals surface area contributed by atoms with E-state index in [0.717, 1.165) is 5.56 Å². The SMILES string of the molecule is COc1cc([N+](=O)[O-])ccc1NC(=O)NC1CC(=O)N(Cc2ccccc2)C1. The zero-order valence-corrected chi connectivity index (χ0v) is 15.3. The normalized spacial score (nSPS) is 16.0. The number of nitrogens with one attached hydrogen (secondary N) is 2. The standard InChI is InChI=1S/C19H20N4O5/c1-28-17-10-15(23(26)27)7-8-16(17)21-19(25)20-14-9-18(24)22(12-14)11-13-5-3-2-4-6-13/h2-8,10,14H,9,11-12H2,1H3,(H2,20,21,25). The summed E-state index contributed by atoms with van der Waals surface area (Å²) in [5, 5.41) is 16.2. The quantitative estimate of drug-likeness (QED) is 0.587. The molecule has 1 heterocycles. The lowest BCUT2D eigenvalue weighted by Crippen LogP contribution is -2.39. The van der Waals surface area contributed by atoms with Crippen LogP contribution in [0.2, 0.25) is 0 Å². The first-order chi connectivity index (χ1) is 13.5. The number of hydrogen-bond acceptors (Lipinski definition) is 5. The number of carbonyl (C=O) groups excluding carboxylic acids is 2. The molecular formula is C19H20N4O5. The Morgan fingerprint density at radius 2 is 2.04 bits per heavy atom. The number of non-ortho nitro benzene ring substituents is 1. The monoisotopic (exact) mass is 384 g/mol. The Morgan fingerprint density at radius 1 is 1.29 bits per heavy atom. The number of ether oxygens (including phenoxy) is 1. The molecule has 146 valence electrons. The van der Waals surface area contributed by atoms with Gasteiger partial charge in [0.2, 0.25) is 5.91 Å². The molecule has 1 unspecified atom stereocenters. The van der Waals surface area contributed by atoms with Gasteiger partial charge >= 0.3 is 6.03 Å². The number of nitro groups is 1. The van der Waals surface area contributed by atoms with Crippen LogP contribution in [0.5, 0.6) is 5.75 Å². The zero-order chi connectivity index (χ0) is 20.1. The van der Waals surface area contributed by atoms with Gasteiger partial charge in [-0.05, 0) is 11.6 Å². The number of benzene rings is 2. The van der Waals surface area contributed by atoms with Gasteiger partial charge in [-0.1, -0.05) is 30.3 Å². The maximum atomic E-state index is 12.3. The van der Waals surface area contributed by atoms with Crippen LogP contribution in [0, 0.1) is 10.1 Å². The van der Waals surface area contributed by atoms with Crippen molar-refractivity contribution in [2.45, 2.75) is 19.0 Å². The summed E-state index contributed by atoms with van der Waals surface area (Å²) in [6.07, 6.45) is 0.220. The number of methoxy groups -OCH3 is 1. The highest BCUT2D eigenvalue weighted by Gasteiger charge is 2.30. The van der Waals surface area contributed by atoms with Gasteiger partial charge in [0.15, 0.2) is 0 Å². The second-order valence-electron chi connectivity index (χ2n) is 6.40. The van der Waals surface area contributed by atoms with Gasteiger partial charge in [0.1, 0.15) is 5.75 Å². The van der Waals surface area contributed by atoms with Crippen LogP contribution in [0.25, 0.3) is 0 Å². The van der Waals surface area contributed by atoms with Gasteiger partial charge in [0.05, 0.1) is 29.8 Å². The molecule has 0 saturated carbocycles. The molecule has 2 aromatic carbocycles. The maximum Gasteiger partial charge on any atom is 0.319 e. The molecule has 0 aliphatic carbocycles. The van der Waals surface area contributed by atoms with Crippen molar-refractivity contribution in [3.63, 3.8) is 0 Å². The third-order valence-electron chi connectivity index (χ3n) is 4.41. The highest BCUT2D eigenvalue weighted by Crippen LogP contribution is 2.29. The predicted molar refractivity (Wildman–Crippen MR) is 102 cm³/mol. The van der Waals surface area contributed by atoms with E-state index in [4.69, 9.17) is 4.74 Å². The van der Waals surface area contributed by atoms with E-state index >= 15 is 0 Å². The minimum absolute atomic E-state index is 0.0259. The van der Waals surface area contributed by atoms with Gasteiger partial charge < -0.3 is 20.3 Å². The number of nitrogens with zero attached hydrogens (tertiary/aromatic N) is 2. The van der Waals surface area contributed by atoms with Crippen molar-refractivity contribution in [1.29, 1.82) is 0 Å². The molecular weight excluding hydrogens is 364 g/mol. The number of hydrogen-bond donors (Lipinski definition) is 2. The fourth-order valence-electron chi connectivity index (χ4n) is 3.07. The van der Waals surface area contributed by atoms with E-state index in [9.17, 15) is 19.7 Å². The number of carbonyl (C=O) groups is 2. The summed E-state index contributed by atoms with van der Waals surface area (Å²) in [6.45, 7) is 0.911. The second-order valence-corrected chi connectivity index (χ2v) is 6.40. The van der Waals surface area contributed by atoms with Gasteiger partial charge in [0.25, 0.3) is 5.69 Å². The Labute approximate surface area is 161 Å². The first-order valence-corrected chi connectivity index (χ1v) is 8.68. The summed E-state index contributed by atoms with van der Waals surface area (Å²) in [4.78, 5) is 36.5.